The first-order chi connectivity index (χ1) is 13.5. The molecule has 0 fully saturated rings. The number of anilines is 2. The highest BCUT2D eigenvalue weighted by Crippen LogP contribution is 2.26. The molecule has 28 heavy (non-hydrogen) atoms. The topological polar surface area (TPSA) is 114 Å². The highest BCUT2D eigenvalue weighted by molar-refractivity contribution is 6.38. The number of nitrogens with one attached hydrogen (secondary N) is 1. The number of amides is 1. The van der Waals surface area contributed by atoms with Crippen LogP contribution in [0, 0.1) is 10.1 Å². The zero-order valence-corrected chi connectivity index (χ0v) is 15.1. The van der Waals surface area contributed by atoms with Crippen molar-refractivity contribution in [1.82, 2.24) is 0 Å². The van der Waals surface area contributed by atoms with Crippen LogP contribution in [-0.2, 0) is 14.3 Å². The Balaban J connectivity index is 1.84. The molecule has 1 amide bonds. The molecule has 1 aliphatic rings. The molecule has 1 unspecified atom stereocenters. The van der Waals surface area contributed by atoms with Gasteiger partial charge in [-0.05, 0) is 25.1 Å². The van der Waals surface area contributed by atoms with Crippen molar-refractivity contribution in [3.8, 4) is 0 Å². The first-order valence-corrected chi connectivity index (χ1v) is 8.63. The second kappa shape index (κ2) is 8.30. The molecule has 9 heteroatoms. The number of rotatable bonds is 6. The molecule has 0 aliphatic carbocycles. The molecule has 144 valence electrons. The Morgan fingerprint density at radius 1 is 1.25 bits per heavy atom. The van der Waals surface area contributed by atoms with E-state index in [0.717, 1.165) is 0 Å². The number of carbonyl (C=O) groups is 2. The van der Waals surface area contributed by atoms with Gasteiger partial charge < -0.3 is 10.1 Å². The lowest BCUT2D eigenvalue weighted by Crippen LogP contribution is -2.38. The van der Waals surface area contributed by atoms with Crippen LogP contribution in [0.3, 0.4) is 0 Å². The van der Waals surface area contributed by atoms with E-state index in [4.69, 9.17) is 4.74 Å². The quantitative estimate of drug-likeness (QED) is 0.467. The van der Waals surface area contributed by atoms with Crippen LogP contribution in [0.25, 0.3) is 0 Å². The summed E-state index contributed by atoms with van der Waals surface area (Å²) in [6.45, 7) is 1.89. The van der Waals surface area contributed by atoms with Crippen molar-refractivity contribution in [2.45, 2.75) is 19.4 Å². The van der Waals surface area contributed by atoms with E-state index in [1.54, 1.807) is 37.3 Å². The van der Waals surface area contributed by atoms with Gasteiger partial charge in [0.2, 0.25) is 5.91 Å². The molecular weight excluding hydrogens is 364 g/mol. The third-order valence-corrected chi connectivity index (χ3v) is 4.07. The fourth-order valence-electron chi connectivity index (χ4n) is 2.79. The van der Waals surface area contributed by atoms with Gasteiger partial charge in [-0.1, -0.05) is 24.3 Å². The Morgan fingerprint density at radius 2 is 2.00 bits per heavy atom. The lowest BCUT2D eigenvalue weighted by molar-refractivity contribution is -0.384. The van der Waals surface area contributed by atoms with E-state index in [1.165, 1.54) is 23.2 Å². The standard InChI is InChI=1S/C19H18N4O5/c1-2-28-19(25)16-12-17(22(21-16)14-8-4-3-5-9-14)18(24)20-13-7-6-10-15(11-13)23(26)27/h3-11,17H,2,12H2,1H3,(H,20,24). The van der Waals surface area contributed by atoms with Crippen LogP contribution < -0.4 is 10.3 Å². The Bertz CT molecular complexity index is 929. The van der Waals surface area contributed by atoms with Gasteiger partial charge in [0.05, 0.1) is 17.2 Å². The fraction of sp³-hybridized carbons (Fsp3) is 0.211. The summed E-state index contributed by atoms with van der Waals surface area (Å²) in [5.74, 6) is -1.01. The van der Waals surface area contributed by atoms with Gasteiger partial charge in [0.1, 0.15) is 11.8 Å². The van der Waals surface area contributed by atoms with Crippen LogP contribution in [0.4, 0.5) is 17.1 Å². The summed E-state index contributed by atoms with van der Waals surface area (Å²) in [5.41, 5.74) is 0.940. The van der Waals surface area contributed by atoms with E-state index < -0.39 is 22.8 Å². The number of nitro groups is 1. The van der Waals surface area contributed by atoms with Crippen molar-refractivity contribution in [2.24, 2.45) is 5.10 Å². The lowest BCUT2D eigenvalue weighted by Gasteiger charge is -2.22. The smallest absolute Gasteiger partial charge is 0.354 e. The minimum absolute atomic E-state index is 0.0640. The molecule has 1 aliphatic heterocycles. The maximum atomic E-state index is 12.9. The summed E-state index contributed by atoms with van der Waals surface area (Å²) in [6.07, 6.45) is 0.0640. The number of non-ortho nitro benzene ring substituents is 1. The van der Waals surface area contributed by atoms with Crippen molar-refractivity contribution < 1.29 is 19.2 Å². The second-order valence-electron chi connectivity index (χ2n) is 5.96. The molecule has 2 aromatic rings. The van der Waals surface area contributed by atoms with Crippen LogP contribution in [0.5, 0.6) is 0 Å². The summed E-state index contributed by atoms with van der Waals surface area (Å²) in [7, 11) is 0. The number of carbonyl (C=O) groups excluding carboxylic acids is 2. The maximum absolute atomic E-state index is 12.9. The minimum atomic E-state index is -0.791. The first-order valence-electron chi connectivity index (χ1n) is 8.63. The van der Waals surface area contributed by atoms with Gasteiger partial charge in [-0.2, -0.15) is 5.10 Å². The SMILES string of the molecule is CCOC(=O)C1=NN(c2ccccc2)C(C(=O)Nc2cccc([N+](=O)[O-])c2)C1. The van der Waals surface area contributed by atoms with Crippen molar-refractivity contribution in [3.63, 3.8) is 0 Å². The Hall–Kier alpha value is -3.75. The van der Waals surface area contributed by atoms with Crippen LogP contribution in [0.15, 0.2) is 59.7 Å². The van der Waals surface area contributed by atoms with Crippen LogP contribution in [0.1, 0.15) is 13.3 Å². The van der Waals surface area contributed by atoms with Crippen molar-refractivity contribution in [2.75, 3.05) is 16.9 Å². The summed E-state index contributed by atoms with van der Waals surface area (Å²) >= 11 is 0. The van der Waals surface area contributed by atoms with E-state index >= 15 is 0 Å². The number of ether oxygens (including phenoxy) is 1. The zero-order chi connectivity index (χ0) is 20.1. The summed E-state index contributed by atoms with van der Waals surface area (Å²) in [6, 6.07) is 13.8. The molecule has 0 bridgehead atoms. The molecule has 2 aromatic carbocycles. The van der Waals surface area contributed by atoms with Crippen molar-refractivity contribution in [1.29, 1.82) is 0 Å². The molecule has 1 atom stereocenters. The second-order valence-corrected chi connectivity index (χ2v) is 5.96. The van der Waals surface area contributed by atoms with Crippen LogP contribution in [0.2, 0.25) is 0 Å². The van der Waals surface area contributed by atoms with Crippen LogP contribution >= 0.6 is 0 Å². The average molecular weight is 382 g/mol. The summed E-state index contributed by atoms with van der Waals surface area (Å²) in [4.78, 5) is 35.3. The highest BCUT2D eigenvalue weighted by atomic mass is 16.6. The van der Waals surface area contributed by atoms with Crippen molar-refractivity contribution in [3.05, 3.63) is 64.7 Å². The largest absolute Gasteiger partial charge is 0.461 e. The van der Waals surface area contributed by atoms with Gasteiger partial charge in [0, 0.05) is 24.2 Å². The molecule has 1 N–H and O–H groups in total. The molecule has 3 rings (SSSR count). The number of hydrogen-bond acceptors (Lipinski definition) is 7. The molecule has 0 radical (unpaired) electrons. The first kappa shape index (κ1) is 19.0. The molecular formula is C19H18N4O5. The predicted molar refractivity (Wildman–Crippen MR) is 103 cm³/mol. The zero-order valence-electron chi connectivity index (χ0n) is 15.1. The number of hydrogen-bond donors (Lipinski definition) is 1. The average Bonchev–Trinajstić information content (AvgIpc) is 3.15. The van der Waals surface area contributed by atoms with Crippen molar-refractivity contribution >= 4 is 34.7 Å². The number of nitro benzene ring substituents is 1. The third-order valence-electron chi connectivity index (χ3n) is 4.07. The van der Waals surface area contributed by atoms with E-state index in [1.807, 2.05) is 6.07 Å². The molecule has 1 heterocycles. The molecule has 9 nitrogen and oxygen atoms in total. The molecule has 0 spiro atoms. The Kier molecular flexibility index (Phi) is 5.64. The van der Waals surface area contributed by atoms with Gasteiger partial charge >= 0.3 is 5.97 Å². The van der Waals surface area contributed by atoms with Gasteiger partial charge in [0.25, 0.3) is 5.69 Å². The van der Waals surface area contributed by atoms with Crippen LogP contribution in [-0.4, -0.2) is 35.2 Å². The fourth-order valence-corrected chi connectivity index (χ4v) is 2.79. The normalized spacial score (nSPS) is 15.7. The van der Waals surface area contributed by atoms with E-state index in [-0.39, 0.29) is 30.1 Å². The van der Waals surface area contributed by atoms with Gasteiger partial charge in [-0.3, -0.25) is 19.9 Å². The number of benzene rings is 2. The third kappa shape index (κ3) is 4.14. The molecule has 0 aromatic heterocycles. The van der Waals surface area contributed by atoms with E-state index in [9.17, 15) is 19.7 Å². The Labute approximate surface area is 160 Å². The maximum Gasteiger partial charge on any atom is 0.354 e. The highest BCUT2D eigenvalue weighted by Gasteiger charge is 2.37. The Morgan fingerprint density at radius 3 is 2.68 bits per heavy atom. The lowest BCUT2D eigenvalue weighted by atomic mass is 10.1. The van der Waals surface area contributed by atoms with Gasteiger partial charge in [-0.15, -0.1) is 0 Å². The van der Waals surface area contributed by atoms with E-state index in [0.29, 0.717) is 5.69 Å². The predicted octanol–water partition coefficient (Wildman–Crippen LogP) is 2.73. The summed E-state index contributed by atoms with van der Waals surface area (Å²) in [5, 5.41) is 19.3. The van der Waals surface area contributed by atoms with Gasteiger partial charge in [-0.25, -0.2) is 4.79 Å². The van der Waals surface area contributed by atoms with E-state index in [2.05, 4.69) is 10.4 Å². The number of hydrazone groups is 1. The molecule has 0 saturated heterocycles. The molecule has 0 saturated carbocycles. The van der Waals surface area contributed by atoms with Gasteiger partial charge in [0.15, 0.2) is 0 Å². The number of esters is 1. The number of nitrogens with zero attached hydrogens (tertiary/aromatic N) is 3. The minimum Gasteiger partial charge on any atom is -0.461 e. The number of para-hydroxylation sites is 1. The summed E-state index contributed by atoms with van der Waals surface area (Å²) < 4.78 is 5.00. The monoisotopic (exact) mass is 382 g/mol.